The van der Waals surface area contributed by atoms with Crippen LogP contribution in [0.5, 0.6) is 0 Å². The Labute approximate surface area is 112 Å². The Morgan fingerprint density at radius 3 is 2.74 bits per heavy atom. The van der Waals surface area contributed by atoms with Gasteiger partial charge in [0.05, 0.1) is 17.9 Å². The highest BCUT2D eigenvalue weighted by molar-refractivity contribution is 6.02. The number of hydrogen-bond donors (Lipinski definition) is 3. The van der Waals surface area contributed by atoms with Gasteiger partial charge in [0.2, 0.25) is 0 Å². The van der Waals surface area contributed by atoms with E-state index >= 15 is 0 Å². The van der Waals surface area contributed by atoms with E-state index in [0.717, 1.165) is 24.4 Å². The third-order valence-corrected chi connectivity index (χ3v) is 3.68. The first kappa shape index (κ1) is 13.7. The maximum Gasteiger partial charge on any atom is 0.175 e. The number of nitrogens with two attached hydrogens (primary N) is 1. The van der Waals surface area contributed by atoms with Crippen LogP contribution in [0.3, 0.4) is 0 Å². The van der Waals surface area contributed by atoms with E-state index in [9.17, 15) is 5.11 Å². The van der Waals surface area contributed by atoms with Crippen molar-refractivity contribution in [1.82, 2.24) is 9.78 Å². The smallest absolute Gasteiger partial charge is 0.175 e. The summed E-state index contributed by atoms with van der Waals surface area (Å²) in [6.45, 7) is 2.42. The van der Waals surface area contributed by atoms with Crippen LogP contribution in [-0.4, -0.2) is 45.1 Å². The van der Waals surface area contributed by atoms with Crippen LogP contribution in [0.2, 0.25) is 0 Å². The topological polar surface area (TPSA) is 99.9 Å². The van der Waals surface area contributed by atoms with Gasteiger partial charge < -0.3 is 20.9 Å². The Balaban J connectivity index is 2.45. The van der Waals surface area contributed by atoms with Gasteiger partial charge in [-0.25, -0.2) is 0 Å². The summed E-state index contributed by atoms with van der Waals surface area (Å²) in [5.74, 6) is 0.870. The maximum atomic E-state index is 9.27. The monoisotopic (exact) mass is 267 g/mol. The number of anilines is 1. The van der Waals surface area contributed by atoms with Gasteiger partial charge in [-0.05, 0) is 26.2 Å². The summed E-state index contributed by atoms with van der Waals surface area (Å²) in [4.78, 5) is 2.11. The Morgan fingerprint density at radius 2 is 2.26 bits per heavy atom. The average molecular weight is 267 g/mol. The molecule has 19 heavy (non-hydrogen) atoms. The molecular weight excluding hydrogens is 246 g/mol. The van der Waals surface area contributed by atoms with Crippen LogP contribution in [0.25, 0.3) is 0 Å². The van der Waals surface area contributed by atoms with Crippen molar-refractivity contribution in [3.8, 4) is 0 Å². The van der Waals surface area contributed by atoms with E-state index in [0.29, 0.717) is 18.2 Å². The molecule has 7 nitrogen and oxygen atoms in total. The number of aryl methyl sites for hydroxylation is 2. The summed E-state index contributed by atoms with van der Waals surface area (Å²) >= 11 is 0. The molecule has 1 aromatic rings. The molecule has 106 valence electrons. The van der Waals surface area contributed by atoms with E-state index in [1.54, 1.807) is 4.68 Å². The van der Waals surface area contributed by atoms with Crippen molar-refractivity contribution < 1.29 is 10.3 Å². The number of aliphatic hydroxyl groups excluding tert-OH is 1. The molecule has 1 fully saturated rings. The highest BCUT2D eigenvalue weighted by Gasteiger charge is 2.30. The Kier molecular flexibility index (Phi) is 3.94. The Bertz CT molecular complexity index is 479. The van der Waals surface area contributed by atoms with Crippen LogP contribution >= 0.6 is 0 Å². The second-order valence-corrected chi connectivity index (χ2v) is 4.89. The first-order valence-corrected chi connectivity index (χ1v) is 6.49. The lowest BCUT2D eigenvalue weighted by atomic mass is 9.91. The number of hydrogen-bond acceptors (Lipinski definition) is 5. The van der Waals surface area contributed by atoms with Crippen LogP contribution in [0.15, 0.2) is 5.16 Å². The highest BCUT2D eigenvalue weighted by Crippen LogP contribution is 2.32. The number of aliphatic hydroxyl groups is 1. The predicted molar refractivity (Wildman–Crippen MR) is 72.5 cm³/mol. The molecule has 0 unspecified atom stereocenters. The number of amidine groups is 1. The van der Waals surface area contributed by atoms with E-state index in [1.165, 1.54) is 6.42 Å². The number of nitrogens with zero attached hydrogens (tertiary/aromatic N) is 4. The average Bonchev–Trinajstić information content (AvgIpc) is 2.60. The molecule has 0 radical (unpaired) electrons. The quantitative estimate of drug-likeness (QED) is 0.306. The van der Waals surface area contributed by atoms with Crippen molar-refractivity contribution in [3.63, 3.8) is 0 Å². The number of aromatic nitrogens is 2. The highest BCUT2D eigenvalue weighted by atomic mass is 16.4. The molecule has 0 spiro atoms. The first-order chi connectivity index (χ1) is 9.10. The summed E-state index contributed by atoms with van der Waals surface area (Å²) in [5.41, 5.74) is 7.12. The van der Waals surface area contributed by atoms with Gasteiger partial charge in [-0.1, -0.05) is 5.16 Å². The third-order valence-electron chi connectivity index (χ3n) is 3.68. The van der Waals surface area contributed by atoms with Gasteiger partial charge >= 0.3 is 0 Å². The fourth-order valence-electron chi connectivity index (χ4n) is 2.59. The molecule has 1 heterocycles. The fraction of sp³-hybridized carbons (Fsp3) is 0.667. The zero-order chi connectivity index (χ0) is 14.0. The molecule has 1 aliphatic rings. The molecule has 0 atom stereocenters. The van der Waals surface area contributed by atoms with Crippen molar-refractivity contribution in [2.75, 3.05) is 18.1 Å². The molecule has 0 aromatic carbocycles. The van der Waals surface area contributed by atoms with E-state index < -0.39 is 0 Å². The van der Waals surface area contributed by atoms with E-state index in [1.807, 2.05) is 14.0 Å². The van der Waals surface area contributed by atoms with Gasteiger partial charge in [-0.2, -0.15) is 5.10 Å². The van der Waals surface area contributed by atoms with Crippen molar-refractivity contribution >= 4 is 11.7 Å². The lowest BCUT2D eigenvalue weighted by Gasteiger charge is -2.39. The number of oxime groups is 1. The van der Waals surface area contributed by atoms with Crippen molar-refractivity contribution in [2.45, 2.75) is 32.2 Å². The van der Waals surface area contributed by atoms with Gasteiger partial charge in [-0.3, -0.25) is 4.68 Å². The first-order valence-electron chi connectivity index (χ1n) is 6.49. The molecule has 0 amide bonds. The zero-order valence-electron chi connectivity index (χ0n) is 11.4. The molecular formula is C12H21N5O2. The molecule has 0 aliphatic heterocycles. The van der Waals surface area contributed by atoms with Gasteiger partial charge in [0.15, 0.2) is 5.84 Å². The largest absolute Gasteiger partial charge is 0.409 e. The summed E-state index contributed by atoms with van der Waals surface area (Å²) in [6.07, 6.45) is 3.39. The summed E-state index contributed by atoms with van der Waals surface area (Å²) in [7, 11) is 1.83. The zero-order valence-corrected chi connectivity index (χ0v) is 11.4. The minimum absolute atomic E-state index is 0.0582. The predicted octanol–water partition coefficient (Wildman–Crippen LogP) is 0.174. The standard InChI is InChI=1S/C12H21N5O2/c1-8-10(11(13)15-19)12(16(2)14-8)17(6-7-18)9-4-3-5-9/h9,18-19H,3-7H2,1-2H3,(H2,13,15). The normalized spacial score (nSPS) is 16.5. The van der Waals surface area contributed by atoms with Gasteiger partial charge in [0, 0.05) is 19.6 Å². The lowest BCUT2D eigenvalue weighted by molar-refractivity contribution is 0.282. The van der Waals surface area contributed by atoms with E-state index in [2.05, 4.69) is 15.2 Å². The summed E-state index contributed by atoms with van der Waals surface area (Å²) in [6, 6.07) is 0.396. The number of rotatable bonds is 5. The minimum atomic E-state index is 0.0582. The van der Waals surface area contributed by atoms with E-state index in [-0.39, 0.29) is 12.4 Å². The van der Waals surface area contributed by atoms with Crippen molar-refractivity contribution in [1.29, 1.82) is 0 Å². The molecule has 1 saturated carbocycles. The summed E-state index contributed by atoms with van der Waals surface area (Å²) < 4.78 is 1.73. The lowest BCUT2D eigenvalue weighted by Crippen LogP contribution is -2.43. The van der Waals surface area contributed by atoms with Crippen molar-refractivity contribution in [2.24, 2.45) is 17.9 Å². The molecule has 7 heteroatoms. The van der Waals surface area contributed by atoms with Crippen LogP contribution in [0.4, 0.5) is 5.82 Å². The molecule has 0 saturated heterocycles. The second kappa shape index (κ2) is 5.48. The van der Waals surface area contributed by atoms with Gasteiger partial charge in [0.1, 0.15) is 5.82 Å². The SMILES string of the molecule is Cc1nn(C)c(N(CCO)C2CCC2)c1C(N)=NO. The molecule has 1 aliphatic carbocycles. The molecule has 0 bridgehead atoms. The van der Waals surface area contributed by atoms with Crippen molar-refractivity contribution in [3.05, 3.63) is 11.3 Å². The third kappa shape index (κ3) is 2.37. The van der Waals surface area contributed by atoms with Crippen LogP contribution in [-0.2, 0) is 7.05 Å². The molecule has 1 aromatic heterocycles. The fourth-order valence-corrected chi connectivity index (χ4v) is 2.59. The maximum absolute atomic E-state index is 9.27. The van der Waals surface area contributed by atoms with E-state index in [4.69, 9.17) is 10.9 Å². The van der Waals surface area contributed by atoms with Gasteiger partial charge in [-0.15, -0.1) is 0 Å². The van der Waals surface area contributed by atoms with Crippen LogP contribution in [0.1, 0.15) is 30.5 Å². The molecule has 2 rings (SSSR count). The van der Waals surface area contributed by atoms with Gasteiger partial charge in [0.25, 0.3) is 0 Å². The molecule has 4 N–H and O–H groups in total. The van der Waals surface area contributed by atoms with Crippen LogP contribution < -0.4 is 10.6 Å². The Hall–Kier alpha value is -1.76. The summed E-state index contributed by atoms with van der Waals surface area (Å²) in [5, 5.41) is 25.6. The van der Waals surface area contributed by atoms with Crippen LogP contribution in [0, 0.1) is 6.92 Å². The minimum Gasteiger partial charge on any atom is -0.409 e. The second-order valence-electron chi connectivity index (χ2n) is 4.89. The Morgan fingerprint density at radius 1 is 1.58 bits per heavy atom.